The molecule has 0 radical (unpaired) electrons. The number of alkyl halides is 3. The van der Waals surface area contributed by atoms with Crippen LogP contribution in [0.15, 0.2) is 72.0 Å². The minimum absolute atomic E-state index is 0.346. The summed E-state index contributed by atoms with van der Waals surface area (Å²) in [4.78, 5) is 21.2. The van der Waals surface area contributed by atoms with Crippen molar-refractivity contribution in [2.24, 2.45) is 0 Å². The van der Waals surface area contributed by atoms with E-state index in [0.717, 1.165) is 46.4 Å². The van der Waals surface area contributed by atoms with Gasteiger partial charge in [-0.15, -0.1) is 0 Å². The summed E-state index contributed by atoms with van der Waals surface area (Å²) in [6.45, 7) is 1.83. The van der Waals surface area contributed by atoms with Crippen LogP contribution in [0.5, 0.6) is 0 Å². The number of rotatable bonds is 6. The van der Waals surface area contributed by atoms with Crippen LogP contribution in [0, 0.1) is 0 Å². The van der Waals surface area contributed by atoms with Crippen molar-refractivity contribution in [2.45, 2.75) is 30.5 Å². The van der Waals surface area contributed by atoms with E-state index < -0.39 is 22.2 Å². The molecule has 0 unspecified atom stereocenters. The highest BCUT2D eigenvalue weighted by Gasteiger charge is 2.38. The molecule has 5 rings (SSSR count). The number of aromatic amines is 1. The minimum atomic E-state index is -5.08. The van der Waals surface area contributed by atoms with E-state index in [1.165, 1.54) is 0 Å². The first-order valence-electron chi connectivity index (χ1n) is 11.6. The Balaban J connectivity index is 0.000000426. The van der Waals surface area contributed by atoms with Gasteiger partial charge in [0.05, 0.1) is 17.1 Å². The number of carbonyl (C=O) groups is 1. The normalized spacial score (nSPS) is 14.2. The molecule has 1 aliphatic rings. The number of anilines is 1. The van der Waals surface area contributed by atoms with Crippen LogP contribution in [-0.2, 0) is 21.4 Å². The Morgan fingerprint density at radius 2 is 1.76 bits per heavy atom. The monoisotopic (exact) mass is 547 g/mol. The van der Waals surface area contributed by atoms with Crippen molar-refractivity contribution in [3.8, 4) is 11.1 Å². The number of hydrogen-bond donors (Lipinski definition) is 3. The van der Waals surface area contributed by atoms with E-state index in [9.17, 15) is 21.6 Å². The van der Waals surface area contributed by atoms with E-state index >= 15 is 0 Å². The van der Waals surface area contributed by atoms with Gasteiger partial charge in [-0.05, 0) is 60.4 Å². The molecule has 1 aromatic carbocycles. The van der Waals surface area contributed by atoms with Gasteiger partial charge in [-0.25, -0.2) is 18.2 Å². The standard InChI is InChI=1S/C23H23N5O2S.C2HF3O2/c29-31(30,28-12-1-2-13-28)20-7-5-17(6-8-20)21-9-11-25-23-22(21)14-19(27-23)16-26-18-4-3-10-24-15-18;3-2(4,5)1(6)7/h3-11,14-15,26H,1-2,12-13,16H2,(H,25,27);(H,6,7). The van der Waals surface area contributed by atoms with Crippen molar-refractivity contribution in [2.75, 3.05) is 18.4 Å². The van der Waals surface area contributed by atoms with E-state index in [1.807, 2.05) is 30.3 Å². The third-order valence-corrected chi connectivity index (χ3v) is 7.76. The molecule has 0 bridgehead atoms. The van der Waals surface area contributed by atoms with Crippen molar-refractivity contribution in [1.29, 1.82) is 0 Å². The summed E-state index contributed by atoms with van der Waals surface area (Å²) in [5.74, 6) is -2.76. The average molecular weight is 548 g/mol. The van der Waals surface area contributed by atoms with Crippen LogP contribution in [0.25, 0.3) is 22.2 Å². The zero-order valence-corrected chi connectivity index (χ0v) is 20.8. The Kier molecular flexibility index (Phi) is 7.97. The smallest absolute Gasteiger partial charge is 0.475 e. The summed E-state index contributed by atoms with van der Waals surface area (Å²) in [7, 11) is -3.41. The van der Waals surface area contributed by atoms with Crippen LogP contribution in [0.1, 0.15) is 18.5 Å². The van der Waals surface area contributed by atoms with Gasteiger partial charge in [0.2, 0.25) is 10.0 Å². The van der Waals surface area contributed by atoms with Gasteiger partial charge in [-0.2, -0.15) is 17.5 Å². The lowest BCUT2D eigenvalue weighted by atomic mass is 10.0. The summed E-state index contributed by atoms with van der Waals surface area (Å²) in [6.07, 6.45) is 2.06. The fraction of sp³-hybridized carbons (Fsp3) is 0.240. The number of nitrogens with zero attached hydrogens (tertiary/aromatic N) is 3. The van der Waals surface area contributed by atoms with Gasteiger partial charge in [0.1, 0.15) is 5.65 Å². The van der Waals surface area contributed by atoms with Crippen LogP contribution >= 0.6 is 0 Å². The zero-order chi connectivity index (χ0) is 27.3. The van der Waals surface area contributed by atoms with E-state index in [4.69, 9.17) is 9.90 Å². The molecular weight excluding hydrogens is 523 g/mol. The molecule has 0 atom stereocenters. The molecule has 4 aromatic rings. The Morgan fingerprint density at radius 3 is 2.37 bits per heavy atom. The molecular formula is C25H24F3N5O4S. The second kappa shape index (κ2) is 11.2. The van der Waals surface area contributed by atoms with Gasteiger partial charge in [-0.1, -0.05) is 12.1 Å². The van der Waals surface area contributed by atoms with E-state index in [-0.39, 0.29) is 0 Å². The van der Waals surface area contributed by atoms with Gasteiger partial charge < -0.3 is 15.4 Å². The molecule has 1 aliphatic heterocycles. The Hall–Kier alpha value is -3.97. The lowest BCUT2D eigenvalue weighted by molar-refractivity contribution is -0.192. The third kappa shape index (κ3) is 6.29. The van der Waals surface area contributed by atoms with Crippen LogP contribution in [-0.4, -0.2) is 58.0 Å². The Morgan fingerprint density at radius 1 is 1.08 bits per heavy atom. The Labute approximate surface area is 216 Å². The molecule has 9 nitrogen and oxygen atoms in total. The number of fused-ring (bicyclic) bond motifs is 1. The fourth-order valence-corrected chi connectivity index (χ4v) is 5.49. The summed E-state index contributed by atoms with van der Waals surface area (Å²) in [6, 6.07) is 15.0. The lowest BCUT2D eigenvalue weighted by Gasteiger charge is -2.15. The SMILES string of the molecule is O=C(O)C(F)(F)F.O=S(=O)(c1ccc(-c2ccnc3[nH]c(CNc4cccnc4)cc23)cc1)N1CCCC1. The molecule has 4 heterocycles. The van der Waals surface area contributed by atoms with Gasteiger partial charge in [0.15, 0.2) is 0 Å². The Bertz CT molecular complexity index is 1500. The molecule has 38 heavy (non-hydrogen) atoms. The average Bonchev–Trinajstić information content (AvgIpc) is 3.58. The van der Waals surface area contributed by atoms with Gasteiger partial charge >= 0.3 is 12.1 Å². The van der Waals surface area contributed by atoms with Crippen LogP contribution in [0.4, 0.5) is 18.9 Å². The first kappa shape index (κ1) is 27.1. The van der Waals surface area contributed by atoms with E-state index in [2.05, 4.69) is 26.3 Å². The van der Waals surface area contributed by atoms with Crippen molar-refractivity contribution in [3.05, 3.63) is 72.8 Å². The third-order valence-electron chi connectivity index (χ3n) is 5.84. The van der Waals surface area contributed by atoms with Crippen LogP contribution < -0.4 is 5.32 Å². The number of hydrogen-bond acceptors (Lipinski definition) is 6. The largest absolute Gasteiger partial charge is 0.490 e. The lowest BCUT2D eigenvalue weighted by Crippen LogP contribution is -2.27. The first-order valence-corrected chi connectivity index (χ1v) is 13.0. The minimum Gasteiger partial charge on any atom is -0.475 e. The van der Waals surface area contributed by atoms with Crippen molar-refractivity contribution in [1.82, 2.24) is 19.3 Å². The maximum Gasteiger partial charge on any atom is 0.490 e. The number of carboxylic acids is 1. The maximum absolute atomic E-state index is 12.8. The molecule has 0 aliphatic carbocycles. The highest BCUT2D eigenvalue weighted by Crippen LogP contribution is 2.30. The molecule has 3 aromatic heterocycles. The number of aromatic nitrogens is 3. The van der Waals surface area contributed by atoms with Gasteiger partial charge in [0.25, 0.3) is 0 Å². The molecule has 1 saturated heterocycles. The summed E-state index contributed by atoms with van der Waals surface area (Å²) < 4.78 is 58.9. The number of carboxylic acid groups (broad SMARTS) is 1. The first-order chi connectivity index (χ1) is 18.1. The summed E-state index contributed by atoms with van der Waals surface area (Å²) in [5.41, 5.74) is 4.72. The maximum atomic E-state index is 12.8. The van der Waals surface area contributed by atoms with Crippen LogP contribution in [0.3, 0.4) is 0 Å². The molecule has 3 N–H and O–H groups in total. The summed E-state index contributed by atoms with van der Waals surface area (Å²) in [5, 5.41) is 11.5. The highest BCUT2D eigenvalue weighted by molar-refractivity contribution is 7.89. The number of benzene rings is 1. The number of aliphatic carboxylic acids is 1. The zero-order valence-electron chi connectivity index (χ0n) is 19.9. The molecule has 0 amide bonds. The number of sulfonamides is 1. The molecule has 13 heteroatoms. The van der Waals surface area contributed by atoms with Crippen molar-refractivity contribution < 1.29 is 31.5 Å². The predicted octanol–water partition coefficient (Wildman–Crippen LogP) is 4.65. The van der Waals surface area contributed by atoms with Crippen molar-refractivity contribution >= 4 is 32.7 Å². The number of H-pyrrole nitrogens is 1. The highest BCUT2D eigenvalue weighted by atomic mass is 32.2. The van der Waals surface area contributed by atoms with Crippen LogP contribution in [0.2, 0.25) is 0 Å². The van der Waals surface area contributed by atoms with Gasteiger partial charge in [0, 0.05) is 42.8 Å². The van der Waals surface area contributed by atoms with Gasteiger partial charge in [-0.3, -0.25) is 4.98 Å². The molecule has 1 fully saturated rings. The number of halogens is 3. The van der Waals surface area contributed by atoms with E-state index in [1.54, 1.807) is 35.0 Å². The van der Waals surface area contributed by atoms with E-state index in [0.29, 0.717) is 24.5 Å². The molecule has 200 valence electrons. The summed E-state index contributed by atoms with van der Waals surface area (Å²) >= 11 is 0. The predicted molar refractivity (Wildman–Crippen MR) is 135 cm³/mol. The number of nitrogens with one attached hydrogen (secondary N) is 2. The second-order valence-electron chi connectivity index (χ2n) is 8.45. The fourth-order valence-electron chi connectivity index (χ4n) is 3.98. The second-order valence-corrected chi connectivity index (χ2v) is 10.4. The quantitative estimate of drug-likeness (QED) is 0.320. The van der Waals surface area contributed by atoms with Crippen molar-refractivity contribution in [3.63, 3.8) is 0 Å². The number of pyridine rings is 2. The molecule has 0 spiro atoms. The topological polar surface area (TPSA) is 128 Å². The molecule has 0 saturated carbocycles.